The highest BCUT2D eigenvalue weighted by molar-refractivity contribution is 5.85. The molecule has 1 heterocycles. The Hall–Kier alpha value is -2.30. The minimum atomic E-state index is -0.369. The Bertz CT molecular complexity index is 674. The molecule has 1 aromatic heterocycles. The van der Waals surface area contributed by atoms with Crippen LogP contribution < -0.4 is 10.9 Å². The van der Waals surface area contributed by atoms with Crippen molar-refractivity contribution in [2.75, 3.05) is 26.0 Å². The van der Waals surface area contributed by atoms with Gasteiger partial charge in [0.15, 0.2) is 0 Å². The fraction of sp³-hybridized carbons (Fsp3) is 0.286. The Morgan fingerprint density at radius 3 is 2.74 bits per heavy atom. The molecule has 0 radical (unpaired) electrons. The molecular weight excluding hydrogens is 244 g/mol. The molecule has 0 aliphatic heterocycles. The monoisotopic (exact) mass is 260 g/mol. The van der Waals surface area contributed by atoms with E-state index >= 15 is 0 Å². The Labute approximate surface area is 110 Å². The van der Waals surface area contributed by atoms with E-state index in [1.807, 2.05) is 19.1 Å². The smallest absolute Gasteiger partial charge is 0.336 e. The summed E-state index contributed by atoms with van der Waals surface area (Å²) in [7, 11) is 3.40. The van der Waals surface area contributed by atoms with Gasteiger partial charge in [0.25, 0.3) is 0 Å². The van der Waals surface area contributed by atoms with Crippen molar-refractivity contribution in [2.45, 2.75) is 6.92 Å². The number of anilines is 1. The first-order chi connectivity index (χ1) is 8.97. The van der Waals surface area contributed by atoms with Crippen LogP contribution in [0.1, 0.15) is 5.56 Å². The molecule has 1 N–H and O–H groups in total. The number of fused-ring (bicyclic) bond motifs is 1. The van der Waals surface area contributed by atoms with Crippen LogP contribution in [0.4, 0.5) is 5.69 Å². The lowest BCUT2D eigenvalue weighted by Gasteiger charge is -2.12. The summed E-state index contributed by atoms with van der Waals surface area (Å²) in [5.41, 5.74) is 1.78. The number of carbonyl (C=O) groups excluding carboxylic acids is 1. The molecule has 100 valence electrons. The molecule has 0 saturated heterocycles. The summed E-state index contributed by atoms with van der Waals surface area (Å²) in [5, 5.41) is 3.90. The molecule has 0 aliphatic rings. The van der Waals surface area contributed by atoms with Crippen molar-refractivity contribution in [3.63, 3.8) is 0 Å². The predicted molar refractivity (Wildman–Crippen MR) is 74.4 cm³/mol. The minimum absolute atomic E-state index is 0.0224. The normalized spacial score (nSPS) is 10.5. The van der Waals surface area contributed by atoms with Gasteiger partial charge < -0.3 is 14.6 Å². The molecule has 0 atom stereocenters. The Balaban J connectivity index is 2.27. The molecule has 5 heteroatoms. The van der Waals surface area contributed by atoms with Gasteiger partial charge in [-0.05, 0) is 24.6 Å². The summed E-state index contributed by atoms with van der Waals surface area (Å²) < 4.78 is 5.15. The average Bonchev–Trinajstić information content (AvgIpc) is 2.35. The maximum Gasteiger partial charge on any atom is 0.336 e. The Morgan fingerprint density at radius 2 is 2.05 bits per heavy atom. The van der Waals surface area contributed by atoms with Gasteiger partial charge in [-0.1, -0.05) is 0 Å². The highest BCUT2D eigenvalue weighted by atomic mass is 16.4. The summed E-state index contributed by atoms with van der Waals surface area (Å²) in [6.45, 7) is 2.07. The minimum Gasteiger partial charge on any atom is -0.423 e. The van der Waals surface area contributed by atoms with Crippen molar-refractivity contribution in [2.24, 2.45) is 0 Å². The standard InChI is InChI=1S/C14H16N2O3/c1-9-6-14(18)19-12-7-10(4-5-11(9)12)15-8-13(17)16(2)3/h4-7,15H,8H2,1-3H3. The summed E-state index contributed by atoms with van der Waals surface area (Å²) in [6.07, 6.45) is 0. The van der Waals surface area contributed by atoms with E-state index in [1.165, 1.54) is 11.0 Å². The van der Waals surface area contributed by atoms with Crippen LogP contribution in [0.3, 0.4) is 0 Å². The quantitative estimate of drug-likeness (QED) is 0.851. The summed E-state index contributed by atoms with van der Waals surface area (Å²) >= 11 is 0. The first-order valence-electron chi connectivity index (χ1n) is 5.96. The summed E-state index contributed by atoms with van der Waals surface area (Å²) in [5.74, 6) is -0.0224. The van der Waals surface area contributed by atoms with E-state index in [4.69, 9.17) is 4.42 Å². The number of amides is 1. The van der Waals surface area contributed by atoms with Crippen LogP contribution in [0.15, 0.2) is 33.5 Å². The summed E-state index contributed by atoms with van der Waals surface area (Å²) in [4.78, 5) is 24.3. The van der Waals surface area contributed by atoms with Gasteiger partial charge in [0, 0.05) is 37.3 Å². The molecule has 5 nitrogen and oxygen atoms in total. The van der Waals surface area contributed by atoms with E-state index in [9.17, 15) is 9.59 Å². The fourth-order valence-corrected chi connectivity index (χ4v) is 1.77. The molecule has 1 amide bonds. The maximum atomic E-state index is 11.5. The van der Waals surface area contributed by atoms with E-state index in [1.54, 1.807) is 20.2 Å². The molecule has 0 aliphatic carbocycles. The Kier molecular flexibility index (Phi) is 3.55. The van der Waals surface area contributed by atoms with Gasteiger partial charge in [-0.15, -0.1) is 0 Å². The van der Waals surface area contributed by atoms with E-state index in [2.05, 4.69) is 5.32 Å². The number of benzene rings is 1. The zero-order chi connectivity index (χ0) is 14.0. The van der Waals surface area contributed by atoms with Crippen LogP contribution in [0.2, 0.25) is 0 Å². The molecule has 0 saturated carbocycles. The lowest BCUT2D eigenvalue weighted by atomic mass is 10.1. The van der Waals surface area contributed by atoms with Crippen LogP contribution in [0.5, 0.6) is 0 Å². The van der Waals surface area contributed by atoms with E-state index in [0.29, 0.717) is 5.58 Å². The second-order valence-electron chi connectivity index (χ2n) is 4.60. The topological polar surface area (TPSA) is 62.6 Å². The van der Waals surface area contributed by atoms with Crippen LogP contribution in [-0.4, -0.2) is 31.4 Å². The highest BCUT2D eigenvalue weighted by Crippen LogP contribution is 2.20. The molecule has 2 aromatic rings. The van der Waals surface area contributed by atoms with Gasteiger partial charge in [0.2, 0.25) is 5.91 Å². The number of nitrogens with zero attached hydrogens (tertiary/aromatic N) is 1. The van der Waals surface area contributed by atoms with Crippen LogP contribution in [0, 0.1) is 6.92 Å². The molecule has 0 unspecified atom stereocenters. The zero-order valence-corrected chi connectivity index (χ0v) is 11.2. The Morgan fingerprint density at radius 1 is 1.32 bits per heavy atom. The largest absolute Gasteiger partial charge is 0.423 e. The van der Waals surface area contributed by atoms with Gasteiger partial charge in [0.1, 0.15) is 5.58 Å². The van der Waals surface area contributed by atoms with Crippen molar-refractivity contribution in [3.05, 3.63) is 40.2 Å². The van der Waals surface area contributed by atoms with Gasteiger partial charge in [-0.2, -0.15) is 0 Å². The lowest BCUT2D eigenvalue weighted by Crippen LogP contribution is -2.28. The van der Waals surface area contributed by atoms with E-state index in [0.717, 1.165) is 16.6 Å². The predicted octanol–water partition coefficient (Wildman–Crippen LogP) is 1.60. The van der Waals surface area contributed by atoms with Crippen molar-refractivity contribution < 1.29 is 9.21 Å². The first kappa shape index (κ1) is 13.1. The molecular formula is C14H16N2O3. The van der Waals surface area contributed by atoms with E-state index < -0.39 is 0 Å². The van der Waals surface area contributed by atoms with E-state index in [-0.39, 0.29) is 18.1 Å². The molecule has 1 aromatic carbocycles. The molecule has 2 rings (SSSR count). The second-order valence-corrected chi connectivity index (χ2v) is 4.60. The van der Waals surface area contributed by atoms with Gasteiger partial charge in [-0.25, -0.2) is 4.79 Å². The maximum absolute atomic E-state index is 11.5. The number of carbonyl (C=O) groups is 1. The molecule has 0 bridgehead atoms. The third-order valence-corrected chi connectivity index (χ3v) is 2.89. The highest BCUT2D eigenvalue weighted by Gasteiger charge is 2.06. The number of rotatable bonds is 3. The molecule has 0 fully saturated rings. The van der Waals surface area contributed by atoms with Crippen molar-refractivity contribution in [1.82, 2.24) is 4.90 Å². The van der Waals surface area contributed by atoms with Crippen molar-refractivity contribution in [3.8, 4) is 0 Å². The average molecular weight is 260 g/mol. The van der Waals surface area contributed by atoms with Crippen molar-refractivity contribution >= 4 is 22.6 Å². The number of nitrogens with one attached hydrogen (secondary N) is 1. The van der Waals surface area contributed by atoms with Gasteiger partial charge in [0.05, 0.1) is 6.54 Å². The van der Waals surface area contributed by atoms with Crippen LogP contribution in [-0.2, 0) is 4.79 Å². The van der Waals surface area contributed by atoms with Gasteiger partial charge >= 0.3 is 5.63 Å². The number of aryl methyl sites for hydroxylation is 1. The third-order valence-electron chi connectivity index (χ3n) is 2.89. The number of hydrogen-bond acceptors (Lipinski definition) is 4. The van der Waals surface area contributed by atoms with Gasteiger partial charge in [-0.3, -0.25) is 4.79 Å². The van der Waals surface area contributed by atoms with Crippen LogP contribution >= 0.6 is 0 Å². The SMILES string of the molecule is Cc1cc(=O)oc2cc(NCC(=O)N(C)C)ccc12. The van der Waals surface area contributed by atoms with Crippen LogP contribution in [0.25, 0.3) is 11.0 Å². The zero-order valence-electron chi connectivity index (χ0n) is 11.2. The first-order valence-corrected chi connectivity index (χ1v) is 5.96. The second kappa shape index (κ2) is 5.14. The third kappa shape index (κ3) is 2.93. The molecule has 19 heavy (non-hydrogen) atoms. The molecule has 0 spiro atoms. The fourth-order valence-electron chi connectivity index (χ4n) is 1.77. The number of hydrogen-bond donors (Lipinski definition) is 1. The summed E-state index contributed by atoms with van der Waals surface area (Å²) in [6, 6.07) is 6.92. The number of likely N-dealkylation sites (N-methyl/N-ethyl adjacent to an activating group) is 1. The lowest BCUT2D eigenvalue weighted by molar-refractivity contribution is -0.126. The van der Waals surface area contributed by atoms with Crippen molar-refractivity contribution in [1.29, 1.82) is 0 Å².